The number of alkyl halides is 3. The lowest BCUT2D eigenvalue weighted by atomic mass is 10.1. The summed E-state index contributed by atoms with van der Waals surface area (Å²) in [4.78, 5) is 32.4. The molecule has 3 aromatic rings. The molecule has 2 aromatic carbocycles. The maximum Gasteiger partial charge on any atom is 0.418 e. The van der Waals surface area contributed by atoms with E-state index in [0.29, 0.717) is 6.07 Å². The fraction of sp³-hybridized carbons (Fsp3) is 0.0476. The minimum atomic E-state index is -5.02. The number of benzene rings is 2. The molecule has 0 unspecified atom stereocenters. The summed E-state index contributed by atoms with van der Waals surface area (Å²) >= 11 is 6.04. The zero-order chi connectivity index (χ0) is 25.9. The van der Waals surface area contributed by atoms with Crippen molar-refractivity contribution < 1.29 is 32.2 Å². The summed E-state index contributed by atoms with van der Waals surface area (Å²) in [7, 11) is 0. The number of amides is 1. The lowest BCUT2D eigenvalue weighted by Gasteiger charge is -2.13. The second kappa shape index (κ2) is 9.65. The van der Waals surface area contributed by atoms with E-state index in [2.05, 4.69) is 0 Å². The number of nitriles is 1. The van der Waals surface area contributed by atoms with E-state index in [4.69, 9.17) is 16.0 Å². The van der Waals surface area contributed by atoms with Crippen molar-refractivity contribution in [1.82, 2.24) is 0 Å². The van der Waals surface area contributed by atoms with Crippen LogP contribution >= 0.6 is 11.6 Å². The molecule has 0 saturated carbocycles. The normalized spacial score (nSPS) is 11.6. The van der Waals surface area contributed by atoms with Crippen LogP contribution < -0.4 is 5.32 Å². The SMILES string of the molecule is N#CC(=Cc1ccc(-c2ccc([N+](=O)[O-])cc2Cl)o1)C(=O)Nc1ccc([N+](=O)[O-])cc1C(F)(F)F. The van der Waals surface area contributed by atoms with Crippen LogP contribution in [0.25, 0.3) is 17.4 Å². The minimum Gasteiger partial charge on any atom is -0.457 e. The largest absolute Gasteiger partial charge is 0.457 e. The number of hydrogen-bond acceptors (Lipinski definition) is 7. The molecule has 0 radical (unpaired) electrons. The Morgan fingerprint density at radius 2 is 1.69 bits per heavy atom. The highest BCUT2D eigenvalue weighted by molar-refractivity contribution is 6.33. The fourth-order valence-electron chi connectivity index (χ4n) is 2.86. The summed E-state index contributed by atoms with van der Waals surface area (Å²) in [5, 5.41) is 32.9. The predicted octanol–water partition coefficient (Wildman–Crippen LogP) is 5.98. The molecule has 1 heterocycles. The maximum absolute atomic E-state index is 13.3. The Morgan fingerprint density at radius 3 is 2.26 bits per heavy atom. The molecule has 1 amide bonds. The number of nitro benzene ring substituents is 2. The molecule has 10 nitrogen and oxygen atoms in total. The Hall–Kier alpha value is -4.70. The Labute approximate surface area is 198 Å². The van der Waals surface area contributed by atoms with E-state index in [1.165, 1.54) is 30.3 Å². The summed E-state index contributed by atoms with van der Waals surface area (Å²) in [5.41, 5.74) is -3.69. The standard InChI is InChI=1S/C21H10ClF3N4O6/c22-17-9-13(29(33)34)1-4-15(17)19-6-3-14(35-19)7-11(10-26)20(30)27-18-5-2-12(28(31)32)8-16(18)21(23,24)25/h1-9H,(H,27,30). The van der Waals surface area contributed by atoms with Gasteiger partial charge < -0.3 is 9.73 Å². The van der Waals surface area contributed by atoms with Crippen LogP contribution in [-0.4, -0.2) is 15.8 Å². The molecule has 3 rings (SSSR count). The van der Waals surface area contributed by atoms with E-state index in [0.717, 1.165) is 18.2 Å². The van der Waals surface area contributed by atoms with E-state index >= 15 is 0 Å². The van der Waals surface area contributed by atoms with Crippen molar-refractivity contribution in [2.75, 3.05) is 5.32 Å². The number of carbonyl (C=O) groups excluding carboxylic acids is 1. The molecule has 0 bridgehead atoms. The molecular formula is C21H10ClF3N4O6. The first-order valence-corrected chi connectivity index (χ1v) is 9.61. The highest BCUT2D eigenvalue weighted by atomic mass is 35.5. The number of carbonyl (C=O) groups is 1. The van der Waals surface area contributed by atoms with Gasteiger partial charge in [0.1, 0.15) is 23.2 Å². The zero-order valence-corrected chi connectivity index (χ0v) is 17.8. The number of furan rings is 1. The topological polar surface area (TPSA) is 152 Å². The van der Waals surface area contributed by atoms with Gasteiger partial charge >= 0.3 is 6.18 Å². The smallest absolute Gasteiger partial charge is 0.418 e. The van der Waals surface area contributed by atoms with Gasteiger partial charge in [-0.15, -0.1) is 0 Å². The molecule has 0 aliphatic heterocycles. The van der Waals surface area contributed by atoms with Crippen molar-refractivity contribution >= 4 is 40.6 Å². The summed E-state index contributed by atoms with van der Waals surface area (Å²) < 4.78 is 45.5. The van der Waals surface area contributed by atoms with Gasteiger partial charge in [-0.2, -0.15) is 18.4 Å². The molecule has 0 aliphatic rings. The molecule has 0 aliphatic carbocycles. The third-order valence-corrected chi connectivity index (χ3v) is 4.79. The highest BCUT2D eigenvalue weighted by Gasteiger charge is 2.36. The van der Waals surface area contributed by atoms with E-state index in [9.17, 15) is 43.5 Å². The highest BCUT2D eigenvalue weighted by Crippen LogP contribution is 2.37. The molecule has 14 heteroatoms. The van der Waals surface area contributed by atoms with Gasteiger partial charge in [0.2, 0.25) is 0 Å². The molecule has 0 fully saturated rings. The van der Waals surface area contributed by atoms with Crippen molar-refractivity contribution in [3.63, 3.8) is 0 Å². The monoisotopic (exact) mass is 506 g/mol. The van der Waals surface area contributed by atoms with Crippen LogP contribution in [0.2, 0.25) is 5.02 Å². The third-order valence-electron chi connectivity index (χ3n) is 4.47. The molecule has 0 saturated heterocycles. The Kier molecular flexibility index (Phi) is 6.88. The number of halogens is 4. The second-order valence-electron chi connectivity index (χ2n) is 6.73. The summed E-state index contributed by atoms with van der Waals surface area (Å²) in [6.07, 6.45) is -4.07. The minimum absolute atomic E-state index is 0.000167. The average molecular weight is 507 g/mol. The van der Waals surface area contributed by atoms with Gasteiger partial charge in [-0.3, -0.25) is 25.0 Å². The molecule has 35 heavy (non-hydrogen) atoms. The van der Waals surface area contributed by atoms with Crippen LogP contribution in [0.15, 0.2) is 58.5 Å². The van der Waals surface area contributed by atoms with E-state index in [1.54, 1.807) is 0 Å². The van der Waals surface area contributed by atoms with Crippen LogP contribution in [0.4, 0.5) is 30.2 Å². The number of nitro groups is 2. The van der Waals surface area contributed by atoms with Crippen molar-refractivity contribution in [1.29, 1.82) is 5.26 Å². The first-order chi connectivity index (χ1) is 16.4. The molecule has 1 N–H and O–H groups in total. The van der Waals surface area contributed by atoms with Crippen LogP contribution in [0.1, 0.15) is 11.3 Å². The number of nitrogens with zero attached hydrogens (tertiary/aromatic N) is 3. The maximum atomic E-state index is 13.3. The molecular weight excluding hydrogens is 497 g/mol. The first kappa shape index (κ1) is 24.9. The first-order valence-electron chi connectivity index (χ1n) is 9.23. The van der Waals surface area contributed by atoms with Gasteiger partial charge in [0, 0.05) is 35.9 Å². The van der Waals surface area contributed by atoms with Crippen molar-refractivity contribution in [3.05, 3.63) is 90.7 Å². The third kappa shape index (κ3) is 5.63. The van der Waals surface area contributed by atoms with Crippen LogP contribution in [0, 0.1) is 31.6 Å². The molecule has 0 spiro atoms. The number of anilines is 1. The van der Waals surface area contributed by atoms with Crippen molar-refractivity contribution in [2.24, 2.45) is 0 Å². The quantitative estimate of drug-likeness (QED) is 0.187. The summed E-state index contributed by atoms with van der Waals surface area (Å²) in [6.45, 7) is 0. The van der Waals surface area contributed by atoms with Crippen LogP contribution in [0.3, 0.4) is 0 Å². The van der Waals surface area contributed by atoms with Gasteiger partial charge in [-0.1, -0.05) is 11.6 Å². The lowest BCUT2D eigenvalue weighted by Crippen LogP contribution is -2.18. The number of nitrogens with one attached hydrogen (secondary N) is 1. The van der Waals surface area contributed by atoms with Crippen LogP contribution in [-0.2, 0) is 11.0 Å². The Balaban J connectivity index is 1.89. The summed E-state index contributed by atoms with van der Waals surface area (Å²) in [6, 6.07) is 9.64. The van der Waals surface area contributed by atoms with Gasteiger partial charge in [0.15, 0.2) is 0 Å². The average Bonchev–Trinajstić information content (AvgIpc) is 3.24. The van der Waals surface area contributed by atoms with E-state index < -0.39 is 44.4 Å². The predicted molar refractivity (Wildman–Crippen MR) is 116 cm³/mol. The Morgan fingerprint density at radius 1 is 1.06 bits per heavy atom. The summed E-state index contributed by atoms with van der Waals surface area (Å²) in [5.74, 6) is -1.12. The molecule has 0 atom stereocenters. The zero-order valence-electron chi connectivity index (χ0n) is 17.0. The van der Waals surface area contributed by atoms with Gasteiger partial charge in [-0.05, 0) is 24.3 Å². The number of hydrogen-bond donors (Lipinski definition) is 1. The molecule has 178 valence electrons. The lowest BCUT2D eigenvalue weighted by molar-refractivity contribution is -0.385. The number of non-ortho nitro benzene ring substituents is 2. The number of rotatable bonds is 6. The van der Waals surface area contributed by atoms with E-state index in [-0.39, 0.29) is 33.9 Å². The second-order valence-corrected chi connectivity index (χ2v) is 7.14. The Bertz CT molecular complexity index is 1430. The van der Waals surface area contributed by atoms with Crippen molar-refractivity contribution in [2.45, 2.75) is 6.18 Å². The molecule has 1 aromatic heterocycles. The van der Waals surface area contributed by atoms with Gasteiger partial charge in [0.25, 0.3) is 17.3 Å². The van der Waals surface area contributed by atoms with Gasteiger partial charge in [0.05, 0.1) is 26.1 Å². The van der Waals surface area contributed by atoms with Crippen LogP contribution in [0.5, 0.6) is 0 Å². The fourth-order valence-corrected chi connectivity index (χ4v) is 3.13. The van der Waals surface area contributed by atoms with Gasteiger partial charge in [-0.25, -0.2) is 0 Å². The van der Waals surface area contributed by atoms with Crippen molar-refractivity contribution in [3.8, 4) is 17.4 Å². The van der Waals surface area contributed by atoms with E-state index in [1.807, 2.05) is 5.32 Å².